The van der Waals surface area contributed by atoms with Crippen molar-refractivity contribution >= 4 is 17.8 Å². The average Bonchev–Trinajstić information content (AvgIpc) is 3.30. The maximum absolute atomic E-state index is 12.4. The van der Waals surface area contributed by atoms with Gasteiger partial charge in [0.1, 0.15) is 17.6 Å². The number of carboxylic acids is 1. The van der Waals surface area contributed by atoms with Gasteiger partial charge in [0.05, 0.1) is 6.61 Å². The van der Waals surface area contributed by atoms with Crippen LogP contribution in [-0.2, 0) is 16.1 Å². The van der Waals surface area contributed by atoms with Gasteiger partial charge in [-0.2, -0.15) is 0 Å². The molecule has 1 atom stereocenters. The molecule has 8 nitrogen and oxygen atoms in total. The molecule has 0 aliphatic carbocycles. The van der Waals surface area contributed by atoms with E-state index in [-0.39, 0.29) is 18.6 Å². The third-order valence-electron chi connectivity index (χ3n) is 4.87. The third-order valence-corrected chi connectivity index (χ3v) is 4.87. The van der Waals surface area contributed by atoms with Crippen molar-refractivity contribution in [2.24, 2.45) is 0 Å². The number of imide groups is 1. The zero-order valence-corrected chi connectivity index (χ0v) is 18.2. The highest BCUT2D eigenvalue weighted by Crippen LogP contribution is 2.26. The van der Waals surface area contributed by atoms with Crippen LogP contribution in [0.3, 0.4) is 0 Å². The largest absolute Gasteiger partial charge is 0.494 e. The van der Waals surface area contributed by atoms with Crippen molar-refractivity contribution in [2.45, 2.75) is 32.4 Å². The molecule has 0 aliphatic heterocycles. The summed E-state index contributed by atoms with van der Waals surface area (Å²) in [6.45, 7) is 2.77. The van der Waals surface area contributed by atoms with E-state index in [4.69, 9.17) is 9.15 Å². The second kappa shape index (κ2) is 11.6. The van der Waals surface area contributed by atoms with E-state index in [2.05, 4.69) is 10.6 Å². The van der Waals surface area contributed by atoms with Crippen LogP contribution >= 0.6 is 0 Å². The molecule has 0 fully saturated rings. The number of aliphatic carboxylic acids is 1. The molecular weight excluding hydrogens is 424 g/mol. The maximum atomic E-state index is 12.4. The lowest BCUT2D eigenvalue weighted by Crippen LogP contribution is -2.38. The number of ether oxygens (including phenoxy) is 1. The highest BCUT2D eigenvalue weighted by Gasteiger charge is 2.20. The molecule has 3 N–H and O–H groups in total. The van der Waals surface area contributed by atoms with Crippen LogP contribution in [0.5, 0.6) is 5.75 Å². The first kappa shape index (κ1) is 23.7. The summed E-state index contributed by atoms with van der Waals surface area (Å²) in [5.74, 6) is -1.20. The van der Waals surface area contributed by atoms with Gasteiger partial charge in [-0.25, -0.2) is 0 Å². The normalized spacial score (nSPS) is 11.5. The number of amides is 2. The Labute approximate surface area is 191 Å². The van der Waals surface area contributed by atoms with Crippen molar-refractivity contribution in [3.8, 4) is 17.1 Å². The zero-order valence-electron chi connectivity index (χ0n) is 18.2. The Morgan fingerprint density at radius 2 is 1.82 bits per heavy atom. The Morgan fingerprint density at radius 3 is 2.55 bits per heavy atom. The standard InChI is InChI=1S/C25H26N2O6/c1-2-32-19-10-6-9-18(15-19)21-12-13-22(33-21)24(29)27-23(28)14-11-20(25(30)31)26-16-17-7-4-3-5-8-17/h3-10,12-13,15,20,26H,2,11,14,16H2,1H3,(H,30,31)(H,27,28,29)/t20-/m0/s1. The summed E-state index contributed by atoms with van der Waals surface area (Å²) < 4.78 is 11.1. The molecule has 2 aromatic carbocycles. The third kappa shape index (κ3) is 7.05. The molecule has 1 aromatic heterocycles. The second-order valence-corrected chi connectivity index (χ2v) is 7.30. The Balaban J connectivity index is 1.52. The average molecular weight is 450 g/mol. The molecule has 0 radical (unpaired) electrons. The fraction of sp³-hybridized carbons (Fsp3) is 0.240. The van der Waals surface area contributed by atoms with E-state index in [9.17, 15) is 19.5 Å². The molecule has 1 heterocycles. The zero-order chi connectivity index (χ0) is 23.6. The number of hydrogen-bond donors (Lipinski definition) is 3. The predicted octanol–water partition coefficient (Wildman–Crippen LogP) is 3.62. The Morgan fingerprint density at radius 1 is 1.03 bits per heavy atom. The van der Waals surface area contributed by atoms with Gasteiger partial charge in [-0.15, -0.1) is 0 Å². The molecule has 0 unspecified atom stereocenters. The Kier molecular flexibility index (Phi) is 8.37. The molecule has 3 aromatic rings. The number of carboxylic acid groups (broad SMARTS) is 1. The van der Waals surface area contributed by atoms with Crippen LogP contribution in [0.25, 0.3) is 11.3 Å². The van der Waals surface area contributed by atoms with Gasteiger partial charge in [0.2, 0.25) is 5.91 Å². The molecular formula is C25H26N2O6. The summed E-state index contributed by atoms with van der Waals surface area (Å²) in [5.41, 5.74) is 1.67. The summed E-state index contributed by atoms with van der Waals surface area (Å²) in [6, 6.07) is 18.8. The van der Waals surface area contributed by atoms with Crippen molar-refractivity contribution in [1.82, 2.24) is 10.6 Å². The fourth-order valence-electron chi connectivity index (χ4n) is 3.20. The monoisotopic (exact) mass is 450 g/mol. The summed E-state index contributed by atoms with van der Waals surface area (Å²) in [7, 11) is 0. The van der Waals surface area contributed by atoms with Crippen LogP contribution in [0.2, 0.25) is 0 Å². The number of carbonyl (C=O) groups excluding carboxylic acids is 2. The molecule has 0 bridgehead atoms. The highest BCUT2D eigenvalue weighted by molar-refractivity contribution is 6.03. The first-order valence-electron chi connectivity index (χ1n) is 10.6. The van der Waals surface area contributed by atoms with Gasteiger partial charge in [-0.1, -0.05) is 42.5 Å². The summed E-state index contributed by atoms with van der Waals surface area (Å²) in [4.78, 5) is 36.1. The summed E-state index contributed by atoms with van der Waals surface area (Å²) in [5, 5.41) is 14.6. The van der Waals surface area contributed by atoms with Crippen LogP contribution < -0.4 is 15.4 Å². The number of nitrogens with one attached hydrogen (secondary N) is 2. The van der Waals surface area contributed by atoms with Crippen LogP contribution in [0, 0.1) is 0 Å². The summed E-state index contributed by atoms with van der Waals surface area (Å²) in [6.07, 6.45) is -0.0939. The molecule has 2 amide bonds. The SMILES string of the molecule is CCOc1cccc(-c2ccc(C(=O)NC(=O)CC[C@H](NCc3ccccc3)C(=O)O)o2)c1. The second-order valence-electron chi connectivity index (χ2n) is 7.30. The van der Waals surface area contributed by atoms with Gasteiger partial charge in [-0.05, 0) is 43.2 Å². The molecule has 0 saturated heterocycles. The lowest BCUT2D eigenvalue weighted by atomic mass is 10.1. The lowest BCUT2D eigenvalue weighted by Gasteiger charge is -2.14. The molecule has 33 heavy (non-hydrogen) atoms. The van der Waals surface area contributed by atoms with Crippen LogP contribution in [-0.4, -0.2) is 35.5 Å². The van der Waals surface area contributed by atoms with Crippen molar-refractivity contribution in [3.05, 3.63) is 78.1 Å². The topological polar surface area (TPSA) is 118 Å². The first-order chi connectivity index (χ1) is 16.0. The predicted molar refractivity (Wildman–Crippen MR) is 122 cm³/mol. The van der Waals surface area contributed by atoms with Gasteiger partial charge in [0.25, 0.3) is 5.91 Å². The molecule has 0 aliphatic rings. The van der Waals surface area contributed by atoms with E-state index < -0.39 is 23.8 Å². The Bertz CT molecular complexity index is 1090. The molecule has 172 valence electrons. The maximum Gasteiger partial charge on any atom is 0.320 e. The van der Waals surface area contributed by atoms with Gasteiger partial charge in [0, 0.05) is 18.5 Å². The smallest absolute Gasteiger partial charge is 0.320 e. The molecule has 8 heteroatoms. The quantitative estimate of drug-likeness (QED) is 0.408. The molecule has 0 spiro atoms. The number of benzene rings is 2. The Hall–Kier alpha value is -3.91. The van der Waals surface area contributed by atoms with E-state index in [1.54, 1.807) is 12.1 Å². The van der Waals surface area contributed by atoms with Crippen molar-refractivity contribution in [1.29, 1.82) is 0 Å². The van der Waals surface area contributed by atoms with E-state index in [1.165, 1.54) is 6.07 Å². The van der Waals surface area contributed by atoms with Gasteiger partial charge >= 0.3 is 5.97 Å². The van der Waals surface area contributed by atoms with Gasteiger partial charge in [0.15, 0.2) is 5.76 Å². The van der Waals surface area contributed by atoms with Crippen molar-refractivity contribution < 1.29 is 28.6 Å². The molecule has 3 rings (SSSR count). The number of furan rings is 1. The first-order valence-corrected chi connectivity index (χ1v) is 10.6. The van der Waals surface area contributed by atoms with Crippen molar-refractivity contribution in [2.75, 3.05) is 6.61 Å². The number of rotatable bonds is 11. The van der Waals surface area contributed by atoms with E-state index in [0.717, 1.165) is 11.1 Å². The van der Waals surface area contributed by atoms with E-state index >= 15 is 0 Å². The van der Waals surface area contributed by atoms with Crippen LogP contribution in [0.1, 0.15) is 35.9 Å². The van der Waals surface area contributed by atoms with Crippen LogP contribution in [0.15, 0.2) is 71.1 Å². The number of hydrogen-bond acceptors (Lipinski definition) is 6. The number of carbonyl (C=O) groups is 3. The summed E-state index contributed by atoms with van der Waals surface area (Å²) >= 11 is 0. The van der Waals surface area contributed by atoms with Gasteiger partial charge in [-0.3, -0.25) is 19.7 Å². The fourth-order valence-corrected chi connectivity index (χ4v) is 3.20. The minimum atomic E-state index is -1.06. The highest BCUT2D eigenvalue weighted by atomic mass is 16.5. The van der Waals surface area contributed by atoms with E-state index in [1.807, 2.05) is 55.5 Å². The van der Waals surface area contributed by atoms with Crippen LogP contribution in [0.4, 0.5) is 0 Å². The molecule has 0 saturated carbocycles. The minimum Gasteiger partial charge on any atom is -0.494 e. The van der Waals surface area contributed by atoms with E-state index in [0.29, 0.717) is 24.7 Å². The van der Waals surface area contributed by atoms with Crippen molar-refractivity contribution in [3.63, 3.8) is 0 Å². The lowest BCUT2D eigenvalue weighted by molar-refractivity contribution is -0.139. The minimum absolute atomic E-state index is 0.0165. The van der Waals surface area contributed by atoms with Gasteiger partial charge < -0.3 is 19.6 Å².